The lowest BCUT2D eigenvalue weighted by molar-refractivity contribution is 0.625. The minimum atomic E-state index is -0.385. The van der Waals surface area contributed by atoms with E-state index in [2.05, 4.69) is 48.3 Å². The van der Waals surface area contributed by atoms with Gasteiger partial charge in [-0.3, -0.25) is 0 Å². The van der Waals surface area contributed by atoms with Crippen LogP contribution in [0.5, 0.6) is 0 Å². The highest BCUT2D eigenvalue weighted by molar-refractivity contribution is 5.84. The second-order valence-electron chi connectivity index (χ2n) is 8.86. The molecule has 4 aromatic carbocycles. The molecule has 182 valence electrons. The van der Waals surface area contributed by atoms with Gasteiger partial charge in [0.25, 0.3) is 0 Å². The highest BCUT2D eigenvalue weighted by atomic mass is 19.1. The molecule has 4 aromatic rings. The van der Waals surface area contributed by atoms with Gasteiger partial charge in [0.2, 0.25) is 0 Å². The van der Waals surface area contributed by atoms with E-state index in [-0.39, 0.29) is 11.6 Å². The first-order valence-electron chi connectivity index (χ1n) is 12.4. The summed E-state index contributed by atoms with van der Waals surface area (Å²) in [6.07, 6.45) is 6.93. The van der Waals surface area contributed by atoms with Crippen molar-refractivity contribution in [2.24, 2.45) is 10.2 Å². The lowest BCUT2D eigenvalue weighted by Gasteiger charge is -2.05. The van der Waals surface area contributed by atoms with Crippen molar-refractivity contribution in [3.8, 4) is 22.3 Å². The summed E-state index contributed by atoms with van der Waals surface area (Å²) < 4.78 is 29.2. The van der Waals surface area contributed by atoms with Crippen LogP contribution in [0, 0.1) is 11.6 Å². The summed E-state index contributed by atoms with van der Waals surface area (Å²) in [6, 6.07) is 26.4. The van der Waals surface area contributed by atoms with E-state index < -0.39 is 0 Å². The third kappa shape index (κ3) is 6.39. The predicted octanol–water partition coefficient (Wildman–Crippen LogP) is 8.66. The quantitative estimate of drug-likeness (QED) is 0.169. The predicted molar refractivity (Wildman–Crippen MR) is 147 cm³/mol. The molecule has 2 nitrogen and oxygen atoms in total. The number of hydrogen-bond acceptors (Lipinski definition) is 2. The summed E-state index contributed by atoms with van der Waals surface area (Å²) in [5.74, 6) is -0.769. The van der Waals surface area contributed by atoms with Crippen LogP contribution in [-0.4, -0.2) is 12.4 Å². The summed E-state index contributed by atoms with van der Waals surface area (Å²) in [6.45, 7) is 4.29. The first-order chi connectivity index (χ1) is 17.6. The molecule has 0 bridgehead atoms. The fourth-order valence-corrected chi connectivity index (χ4v) is 4.12. The van der Waals surface area contributed by atoms with Crippen molar-refractivity contribution < 1.29 is 8.78 Å². The van der Waals surface area contributed by atoms with Crippen LogP contribution in [0.3, 0.4) is 0 Å². The maximum Gasteiger partial charge on any atom is 0.132 e. The first kappa shape index (κ1) is 25.2. The molecule has 0 aliphatic rings. The van der Waals surface area contributed by atoms with Crippen LogP contribution >= 0.6 is 0 Å². The Hall–Kier alpha value is -3.92. The van der Waals surface area contributed by atoms with Gasteiger partial charge in [0, 0.05) is 11.1 Å². The largest absolute Gasteiger partial charge is 0.206 e. The van der Waals surface area contributed by atoms with Crippen LogP contribution in [0.4, 0.5) is 8.78 Å². The fourth-order valence-electron chi connectivity index (χ4n) is 4.12. The van der Waals surface area contributed by atoms with Crippen molar-refractivity contribution >= 4 is 12.4 Å². The Balaban J connectivity index is 1.41. The number of aryl methyl sites for hydroxylation is 2. The molecule has 36 heavy (non-hydrogen) atoms. The number of benzene rings is 4. The Bertz CT molecular complexity index is 1250. The second kappa shape index (κ2) is 12.2. The lowest BCUT2D eigenvalue weighted by Crippen LogP contribution is -1.91. The number of nitrogens with zero attached hydrogens (tertiary/aromatic N) is 2. The molecule has 0 aliphatic heterocycles. The number of halogens is 2. The molecule has 0 unspecified atom stereocenters. The van der Waals surface area contributed by atoms with E-state index in [1.54, 1.807) is 12.1 Å². The minimum Gasteiger partial charge on any atom is -0.206 e. The second-order valence-corrected chi connectivity index (χ2v) is 8.86. The van der Waals surface area contributed by atoms with E-state index in [4.69, 9.17) is 0 Å². The van der Waals surface area contributed by atoms with Crippen LogP contribution in [0.25, 0.3) is 22.3 Å². The first-order valence-corrected chi connectivity index (χ1v) is 12.4. The molecule has 0 amide bonds. The zero-order chi connectivity index (χ0) is 25.3. The van der Waals surface area contributed by atoms with Crippen LogP contribution in [0.15, 0.2) is 95.1 Å². The Labute approximate surface area is 212 Å². The van der Waals surface area contributed by atoms with Crippen LogP contribution < -0.4 is 0 Å². The van der Waals surface area contributed by atoms with E-state index >= 15 is 0 Å². The van der Waals surface area contributed by atoms with Crippen molar-refractivity contribution in [3.05, 3.63) is 119 Å². The summed E-state index contributed by atoms with van der Waals surface area (Å²) in [5, 5.41) is 7.84. The standard InChI is InChI=1S/C32H30F2N2/c1-3-5-23-7-11-25(12-8-23)27-15-17-29(31(33)19-27)21-35-36-22-30-18-16-28(20-32(30)34)26-13-9-24(6-4-2)10-14-26/h7-22H,3-6H2,1-2H3. The summed E-state index contributed by atoms with van der Waals surface area (Å²) >= 11 is 0. The van der Waals surface area contributed by atoms with Crippen molar-refractivity contribution in [2.45, 2.75) is 39.5 Å². The van der Waals surface area contributed by atoms with Crippen molar-refractivity contribution in [3.63, 3.8) is 0 Å². The zero-order valence-electron chi connectivity index (χ0n) is 20.7. The fraction of sp³-hybridized carbons (Fsp3) is 0.188. The molecular formula is C32H30F2N2. The Kier molecular flexibility index (Phi) is 8.51. The zero-order valence-corrected chi connectivity index (χ0v) is 20.7. The molecule has 0 heterocycles. The van der Waals surface area contributed by atoms with E-state index in [0.717, 1.165) is 47.9 Å². The molecule has 0 aliphatic carbocycles. The van der Waals surface area contributed by atoms with Crippen molar-refractivity contribution in [1.29, 1.82) is 0 Å². The minimum absolute atomic E-state index is 0.320. The maximum absolute atomic E-state index is 14.6. The molecule has 0 spiro atoms. The molecule has 0 N–H and O–H groups in total. The molecule has 0 radical (unpaired) electrons. The van der Waals surface area contributed by atoms with Gasteiger partial charge in [0.1, 0.15) is 11.6 Å². The highest BCUT2D eigenvalue weighted by Crippen LogP contribution is 2.24. The van der Waals surface area contributed by atoms with Gasteiger partial charge in [-0.1, -0.05) is 87.4 Å². The molecule has 0 saturated carbocycles. The number of hydrogen-bond donors (Lipinski definition) is 0. The molecule has 4 heteroatoms. The molecule has 0 saturated heterocycles. The van der Waals surface area contributed by atoms with Crippen LogP contribution in [0.2, 0.25) is 0 Å². The maximum atomic E-state index is 14.6. The van der Waals surface area contributed by atoms with E-state index in [9.17, 15) is 8.78 Å². The molecule has 4 rings (SSSR count). The third-order valence-electron chi connectivity index (χ3n) is 6.11. The van der Waals surface area contributed by atoms with E-state index in [1.807, 2.05) is 36.4 Å². The van der Waals surface area contributed by atoms with Gasteiger partial charge < -0.3 is 0 Å². The van der Waals surface area contributed by atoms with Gasteiger partial charge in [-0.15, -0.1) is 0 Å². The average molecular weight is 481 g/mol. The normalized spacial score (nSPS) is 11.6. The Morgan fingerprint density at radius 1 is 0.528 bits per heavy atom. The van der Waals surface area contributed by atoms with Crippen molar-refractivity contribution in [2.75, 3.05) is 0 Å². The van der Waals surface area contributed by atoms with Gasteiger partial charge in [-0.2, -0.15) is 10.2 Å². The molecule has 0 atom stereocenters. The molecular weight excluding hydrogens is 450 g/mol. The van der Waals surface area contributed by atoms with Gasteiger partial charge >= 0.3 is 0 Å². The van der Waals surface area contributed by atoms with E-state index in [1.165, 1.54) is 35.7 Å². The van der Waals surface area contributed by atoms with Gasteiger partial charge in [0.15, 0.2) is 0 Å². The smallest absolute Gasteiger partial charge is 0.132 e. The van der Waals surface area contributed by atoms with Crippen molar-refractivity contribution in [1.82, 2.24) is 0 Å². The lowest BCUT2D eigenvalue weighted by atomic mass is 10.0. The van der Waals surface area contributed by atoms with E-state index in [0.29, 0.717) is 11.1 Å². The average Bonchev–Trinajstić information content (AvgIpc) is 2.89. The Morgan fingerprint density at radius 3 is 1.22 bits per heavy atom. The third-order valence-corrected chi connectivity index (χ3v) is 6.11. The highest BCUT2D eigenvalue weighted by Gasteiger charge is 2.06. The monoisotopic (exact) mass is 480 g/mol. The van der Waals surface area contributed by atoms with Gasteiger partial charge in [-0.25, -0.2) is 8.78 Å². The van der Waals surface area contributed by atoms with Crippen LogP contribution in [0.1, 0.15) is 48.9 Å². The van der Waals surface area contributed by atoms with Gasteiger partial charge in [0.05, 0.1) is 12.4 Å². The Morgan fingerprint density at radius 2 is 0.889 bits per heavy atom. The summed E-state index contributed by atoms with van der Waals surface area (Å²) in [4.78, 5) is 0. The topological polar surface area (TPSA) is 24.7 Å². The summed E-state index contributed by atoms with van der Waals surface area (Å²) in [7, 11) is 0. The molecule has 0 aromatic heterocycles. The molecule has 0 fully saturated rings. The number of rotatable bonds is 9. The van der Waals surface area contributed by atoms with Crippen LogP contribution in [-0.2, 0) is 12.8 Å². The van der Waals surface area contributed by atoms with Gasteiger partial charge in [-0.05, 0) is 70.5 Å². The SMILES string of the molecule is CCCc1ccc(-c2ccc(C=NN=Cc3ccc(-c4ccc(CCC)cc4)cc3F)c(F)c2)cc1. The summed E-state index contributed by atoms with van der Waals surface area (Å²) in [5.41, 5.74) is 6.72.